The third kappa shape index (κ3) is 9.61. The van der Waals surface area contributed by atoms with Crippen LogP contribution in [-0.2, 0) is 16.5 Å². The van der Waals surface area contributed by atoms with E-state index in [-0.39, 0.29) is 0 Å². The lowest BCUT2D eigenvalue weighted by molar-refractivity contribution is 0.281. The first-order valence-electron chi connectivity index (χ1n) is 9.52. The van der Waals surface area contributed by atoms with Crippen LogP contribution in [0.3, 0.4) is 0 Å². The van der Waals surface area contributed by atoms with Crippen LogP contribution < -0.4 is 0 Å². The van der Waals surface area contributed by atoms with Crippen molar-refractivity contribution in [2.45, 2.75) is 104 Å². The smallest absolute Gasteiger partial charge is 0.318 e. The largest absolute Gasteiger partial charge is 0.436 e. The van der Waals surface area contributed by atoms with Crippen molar-refractivity contribution in [3.63, 3.8) is 0 Å². The normalized spacial score (nSPS) is 19.2. The minimum Gasteiger partial charge on any atom is -0.436 e. The van der Waals surface area contributed by atoms with Crippen molar-refractivity contribution >= 4 is 42.3 Å². The van der Waals surface area contributed by atoms with Gasteiger partial charge in [-0.2, -0.15) is 0 Å². The lowest BCUT2D eigenvalue weighted by Crippen LogP contribution is -2.61. The van der Waals surface area contributed by atoms with Crippen LogP contribution in [-0.4, -0.2) is 42.3 Å². The summed E-state index contributed by atoms with van der Waals surface area (Å²) in [5, 5.41) is 0. The molecule has 0 saturated carbocycles. The molecule has 0 aliphatic heterocycles. The summed E-state index contributed by atoms with van der Waals surface area (Å²) in [5.41, 5.74) is 0.777. The van der Waals surface area contributed by atoms with Gasteiger partial charge >= 0.3 is 25.7 Å². The van der Waals surface area contributed by atoms with Crippen LogP contribution in [0.2, 0.25) is 76.6 Å². The summed E-state index contributed by atoms with van der Waals surface area (Å²) in [6, 6.07) is 0. The van der Waals surface area contributed by atoms with Gasteiger partial charge in [-0.05, 0) is 76.6 Å². The molecule has 2 unspecified atom stereocenters. The van der Waals surface area contributed by atoms with Crippen LogP contribution >= 0.6 is 0 Å². The lowest BCUT2D eigenvalue weighted by atomic mass is 10.6. The molecule has 9 heteroatoms. The SMILES string of the molecule is CC(C)[Si](C)(O[Si](C)(C)C)O[Si](C)(C)O[Si](C)(O[Si](C)(C)C)C(C)C. The Balaban J connectivity index is 5.51. The molecule has 25 heavy (non-hydrogen) atoms. The monoisotopic (exact) mass is 440 g/mol. The second-order valence-electron chi connectivity index (χ2n) is 10.4. The van der Waals surface area contributed by atoms with Gasteiger partial charge < -0.3 is 16.5 Å². The van der Waals surface area contributed by atoms with E-state index in [0.717, 1.165) is 0 Å². The Morgan fingerprint density at radius 1 is 0.440 bits per heavy atom. The Morgan fingerprint density at radius 3 is 0.840 bits per heavy atom. The van der Waals surface area contributed by atoms with Crippen molar-refractivity contribution in [1.82, 2.24) is 0 Å². The number of rotatable bonds is 10. The van der Waals surface area contributed by atoms with Crippen LogP contribution in [0.15, 0.2) is 0 Å². The van der Waals surface area contributed by atoms with Crippen molar-refractivity contribution in [2.24, 2.45) is 0 Å². The Kier molecular flexibility index (Phi) is 8.83. The van der Waals surface area contributed by atoms with E-state index in [2.05, 4.69) is 93.2 Å². The summed E-state index contributed by atoms with van der Waals surface area (Å²) in [6.07, 6.45) is 0. The molecule has 152 valence electrons. The first-order chi connectivity index (χ1) is 10.7. The average molecular weight is 441 g/mol. The topological polar surface area (TPSA) is 36.9 Å². The van der Waals surface area contributed by atoms with E-state index < -0.39 is 42.3 Å². The Bertz CT molecular complexity index is 393. The van der Waals surface area contributed by atoms with Gasteiger partial charge in [0.15, 0.2) is 16.6 Å². The van der Waals surface area contributed by atoms with E-state index >= 15 is 0 Å². The zero-order chi connectivity index (χ0) is 20.5. The molecule has 0 bridgehead atoms. The van der Waals surface area contributed by atoms with Gasteiger partial charge in [-0.1, -0.05) is 27.7 Å². The van der Waals surface area contributed by atoms with E-state index in [0.29, 0.717) is 11.1 Å². The van der Waals surface area contributed by atoms with Crippen LogP contribution in [0.1, 0.15) is 27.7 Å². The highest BCUT2D eigenvalue weighted by molar-refractivity contribution is 6.91. The molecule has 0 amide bonds. The standard InChI is InChI=1S/C16H44O4Si5/c1-15(2)24(13,17-21(5,6)7)19-23(11,12)20-25(14,16(3)4)18-22(8,9)10/h15-16H,1-14H3. The van der Waals surface area contributed by atoms with E-state index in [1.54, 1.807) is 0 Å². The molecular weight excluding hydrogens is 397 g/mol. The maximum Gasteiger partial charge on any atom is 0.318 e. The summed E-state index contributed by atoms with van der Waals surface area (Å²) in [5.74, 6) is 0. The molecule has 0 aromatic rings. The van der Waals surface area contributed by atoms with E-state index in [9.17, 15) is 0 Å². The fraction of sp³-hybridized carbons (Fsp3) is 1.00. The third-order valence-electron chi connectivity index (χ3n) is 4.01. The van der Waals surface area contributed by atoms with Gasteiger partial charge in [0.2, 0.25) is 0 Å². The maximum absolute atomic E-state index is 6.76. The van der Waals surface area contributed by atoms with Crippen LogP contribution in [0.5, 0.6) is 0 Å². The fourth-order valence-corrected chi connectivity index (χ4v) is 25.7. The van der Waals surface area contributed by atoms with Crippen LogP contribution in [0, 0.1) is 0 Å². The second-order valence-corrected chi connectivity index (χ2v) is 31.3. The van der Waals surface area contributed by atoms with Gasteiger partial charge in [0.1, 0.15) is 0 Å². The molecule has 4 nitrogen and oxygen atoms in total. The fourth-order valence-electron chi connectivity index (χ4n) is 2.73. The first-order valence-corrected chi connectivity index (χ1v) is 23.9. The van der Waals surface area contributed by atoms with Crippen LogP contribution in [0.4, 0.5) is 0 Å². The number of hydrogen-bond donors (Lipinski definition) is 0. The predicted molar refractivity (Wildman–Crippen MR) is 122 cm³/mol. The van der Waals surface area contributed by atoms with E-state index in [1.807, 2.05) is 0 Å². The molecular formula is C16H44O4Si5. The Morgan fingerprint density at radius 2 is 0.680 bits per heavy atom. The highest BCUT2D eigenvalue weighted by atomic mass is 28.5. The summed E-state index contributed by atoms with van der Waals surface area (Å²) < 4.78 is 26.7. The molecule has 0 aliphatic carbocycles. The van der Waals surface area contributed by atoms with Crippen LogP contribution in [0.25, 0.3) is 0 Å². The average Bonchev–Trinajstić information content (AvgIpc) is 2.20. The van der Waals surface area contributed by atoms with Crippen molar-refractivity contribution < 1.29 is 16.5 Å². The highest BCUT2D eigenvalue weighted by Gasteiger charge is 2.50. The summed E-state index contributed by atoms with van der Waals surface area (Å²) in [6.45, 7) is 31.0. The molecule has 0 rings (SSSR count). The van der Waals surface area contributed by atoms with Gasteiger partial charge in [-0.3, -0.25) is 0 Å². The van der Waals surface area contributed by atoms with Gasteiger partial charge in [-0.25, -0.2) is 0 Å². The molecule has 0 aromatic heterocycles. The molecule has 2 atom stereocenters. The third-order valence-corrected chi connectivity index (χ3v) is 23.5. The molecule has 0 heterocycles. The molecule has 0 fully saturated rings. The van der Waals surface area contributed by atoms with E-state index in [4.69, 9.17) is 16.5 Å². The van der Waals surface area contributed by atoms with Crippen molar-refractivity contribution in [1.29, 1.82) is 0 Å². The molecule has 0 aliphatic rings. The molecule has 0 N–H and O–H groups in total. The molecule has 0 spiro atoms. The van der Waals surface area contributed by atoms with Gasteiger partial charge in [0.05, 0.1) is 0 Å². The molecule has 0 aromatic carbocycles. The molecule has 0 saturated heterocycles. The Hall–Kier alpha value is 0.924. The summed E-state index contributed by atoms with van der Waals surface area (Å²) in [4.78, 5) is 0. The zero-order valence-electron chi connectivity index (χ0n) is 19.3. The molecule has 0 radical (unpaired) electrons. The van der Waals surface area contributed by atoms with Gasteiger partial charge in [-0.15, -0.1) is 0 Å². The summed E-state index contributed by atoms with van der Waals surface area (Å²) in [7, 11) is -10.4. The van der Waals surface area contributed by atoms with Gasteiger partial charge in [0, 0.05) is 0 Å². The highest BCUT2D eigenvalue weighted by Crippen LogP contribution is 2.35. The first kappa shape index (κ1) is 25.9. The predicted octanol–water partition coefficient (Wildman–Crippen LogP) is 6.39. The second kappa shape index (κ2) is 8.52. The zero-order valence-corrected chi connectivity index (χ0v) is 24.3. The van der Waals surface area contributed by atoms with Gasteiger partial charge in [0.25, 0.3) is 0 Å². The van der Waals surface area contributed by atoms with Crippen molar-refractivity contribution in [3.05, 3.63) is 0 Å². The summed E-state index contributed by atoms with van der Waals surface area (Å²) >= 11 is 0. The van der Waals surface area contributed by atoms with Crippen molar-refractivity contribution in [2.75, 3.05) is 0 Å². The maximum atomic E-state index is 6.76. The van der Waals surface area contributed by atoms with E-state index in [1.165, 1.54) is 0 Å². The lowest BCUT2D eigenvalue weighted by Gasteiger charge is -2.46. The Labute approximate surface area is 163 Å². The minimum atomic E-state index is -2.38. The van der Waals surface area contributed by atoms with Crippen molar-refractivity contribution in [3.8, 4) is 0 Å². The quantitative estimate of drug-likeness (QED) is 0.369. The minimum absolute atomic E-state index is 0.388. The number of hydrogen-bond acceptors (Lipinski definition) is 4.